The van der Waals surface area contributed by atoms with E-state index in [-0.39, 0.29) is 0 Å². The lowest BCUT2D eigenvalue weighted by molar-refractivity contribution is 0.376. The Morgan fingerprint density at radius 3 is 1.56 bits per heavy atom. The lowest BCUT2D eigenvalue weighted by Crippen LogP contribution is -2.26. The summed E-state index contributed by atoms with van der Waals surface area (Å²) in [6.45, 7) is 5.06. The first kappa shape index (κ1) is 13.3. The van der Waals surface area contributed by atoms with Crippen LogP contribution in [0.5, 0.6) is 0 Å². The maximum atomic E-state index is 6.26. The average Bonchev–Trinajstić information content (AvgIpc) is 2.47. The van der Waals surface area contributed by atoms with E-state index in [2.05, 4.69) is 74.5 Å². The summed E-state index contributed by atoms with van der Waals surface area (Å²) in [5.74, 6) is 0. The highest BCUT2D eigenvalue weighted by Crippen LogP contribution is 2.56. The fourth-order valence-electron chi connectivity index (χ4n) is 2.31. The molecule has 1 nitrogen and oxygen atoms in total. The van der Waals surface area contributed by atoms with Gasteiger partial charge in [-0.25, -0.2) is 0 Å². The molecule has 2 heteroatoms. The molecular formula is C16H20OP. The highest BCUT2D eigenvalue weighted by Gasteiger charge is 2.30. The Labute approximate surface area is 110 Å². The molecule has 1 radical (unpaired) electrons. The van der Waals surface area contributed by atoms with Crippen molar-refractivity contribution in [3.63, 3.8) is 0 Å². The molecule has 0 saturated heterocycles. The monoisotopic (exact) mass is 259 g/mol. The van der Waals surface area contributed by atoms with E-state index in [0.29, 0.717) is 0 Å². The Kier molecular flexibility index (Phi) is 4.52. The lowest BCUT2D eigenvalue weighted by atomic mass is 10.4. The summed E-state index contributed by atoms with van der Waals surface area (Å²) < 4.78 is 6.26. The zero-order valence-electron chi connectivity index (χ0n) is 11.0. The standard InChI is InChI=1S/C16H20OP/c1-3-17-18(4-2,15-11-7-5-8-12-15)16-13-9-6-10-14-16/h5-14H,3-4H2,1-2H3. The predicted molar refractivity (Wildman–Crippen MR) is 81.2 cm³/mol. The number of hydrogen-bond donors (Lipinski definition) is 0. The Morgan fingerprint density at radius 1 is 0.778 bits per heavy atom. The van der Waals surface area contributed by atoms with E-state index >= 15 is 0 Å². The third kappa shape index (κ3) is 2.48. The van der Waals surface area contributed by atoms with E-state index in [1.54, 1.807) is 0 Å². The summed E-state index contributed by atoms with van der Waals surface area (Å²) in [6, 6.07) is 21.3. The summed E-state index contributed by atoms with van der Waals surface area (Å²) in [5.41, 5.74) is 0. The molecule has 0 atom stereocenters. The van der Waals surface area contributed by atoms with Gasteiger partial charge in [-0.15, -0.1) is 0 Å². The van der Waals surface area contributed by atoms with Crippen molar-refractivity contribution in [1.82, 2.24) is 0 Å². The summed E-state index contributed by atoms with van der Waals surface area (Å²) in [4.78, 5) is 0. The van der Waals surface area contributed by atoms with Crippen molar-refractivity contribution < 1.29 is 4.52 Å². The second-order valence-electron chi connectivity index (χ2n) is 4.14. The van der Waals surface area contributed by atoms with Gasteiger partial charge >= 0.3 is 0 Å². The molecule has 0 unspecified atom stereocenters. The van der Waals surface area contributed by atoms with Crippen LogP contribution in [0, 0.1) is 0 Å². The molecule has 2 aromatic carbocycles. The van der Waals surface area contributed by atoms with Gasteiger partial charge in [0.1, 0.15) is 0 Å². The molecule has 2 rings (SSSR count). The quantitative estimate of drug-likeness (QED) is 0.745. The number of benzene rings is 2. The largest absolute Gasteiger partial charge is 0.357 e. The second kappa shape index (κ2) is 6.13. The Morgan fingerprint density at radius 2 is 1.22 bits per heavy atom. The first-order valence-electron chi connectivity index (χ1n) is 6.47. The van der Waals surface area contributed by atoms with Crippen molar-refractivity contribution in [3.05, 3.63) is 60.7 Å². The molecule has 2 aromatic rings. The zero-order chi connectivity index (χ0) is 12.8. The van der Waals surface area contributed by atoms with Crippen molar-refractivity contribution in [2.75, 3.05) is 12.8 Å². The molecule has 0 aliphatic rings. The van der Waals surface area contributed by atoms with Crippen molar-refractivity contribution >= 4 is 18.1 Å². The SMILES string of the molecule is CCO[P](CC)(c1ccccc1)c1ccccc1. The van der Waals surface area contributed by atoms with E-state index in [9.17, 15) is 0 Å². The molecular weight excluding hydrogens is 239 g/mol. The molecule has 0 N–H and O–H groups in total. The maximum absolute atomic E-state index is 6.26. The van der Waals surface area contributed by atoms with Crippen LogP contribution < -0.4 is 10.6 Å². The van der Waals surface area contributed by atoms with Crippen molar-refractivity contribution in [2.24, 2.45) is 0 Å². The summed E-state index contributed by atoms with van der Waals surface area (Å²) >= 11 is 0. The van der Waals surface area contributed by atoms with Gasteiger partial charge in [0, 0.05) is 24.7 Å². The highest BCUT2D eigenvalue weighted by molar-refractivity contribution is 7.85. The molecule has 0 heterocycles. The molecule has 0 fully saturated rings. The van der Waals surface area contributed by atoms with Gasteiger partial charge in [0.05, 0.1) is 0 Å². The smallest absolute Gasteiger partial charge is 0.0483 e. The number of rotatable bonds is 5. The van der Waals surface area contributed by atoms with Crippen LogP contribution in [0.1, 0.15) is 13.8 Å². The first-order valence-corrected chi connectivity index (χ1v) is 8.36. The second-order valence-corrected chi connectivity index (χ2v) is 7.55. The van der Waals surface area contributed by atoms with Crippen molar-refractivity contribution in [1.29, 1.82) is 0 Å². The van der Waals surface area contributed by atoms with Crippen molar-refractivity contribution in [2.45, 2.75) is 13.8 Å². The van der Waals surface area contributed by atoms with E-state index < -0.39 is 7.49 Å². The molecule has 0 amide bonds. The van der Waals surface area contributed by atoms with Crippen LogP contribution in [0.4, 0.5) is 0 Å². The normalized spacial score (nSPS) is 11.4. The molecule has 0 spiro atoms. The molecule has 0 aromatic heterocycles. The molecule has 18 heavy (non-hydrogen) atoms. The van der Waals surface area contributed by atoms with Gasteiger partial charge in [-0.3, -0.25) is 0 Å². The van der Waals surface area contributed by atoms with Gasteiger partial charge in [0.15, 0.2) is 0 Å². The fraction of sp³-hybridized carbons (Fsp3) is 0.250. The van der Waals surface area contributed by atoms with Gasteiger partial charge in [-0.2, -0.15) is 0 Å². The maximum Gasteiger partial charge on any atom is 0.0483 e. The third-order valence-electron chi connectivity index (χ3n) is 3.14. The summed E-state index contributed by atoms with van der Waals surface area (Å²) in [7, 11) is -1.68. The molecule has 0 saturated carbocycles. The van der Waals surface area contributed by atoms with Crippen LogP contribution in [-0.4, -0.2) is 12.8 Å². The van der Waals surface area contributed by atoms with Gasteiger partial charge in [0.2, 0.25) is 0 Å². The summed E-state index contributed by atoms with van der Waals surface area (Å²) in [5, 5.41) is 2.67. The Bertz CT molecular complexity index is 427. The van der Waals surface area contributed by atoms with Crippen LogP contribution in [0.25, 0.3) is 0 Å². The minimum atomic E-state index is -1.68. The van der Waals surface area contributed by atoms with Gasteiger partial charge in [-0.05, 0) is 13.1 Å². The van der Waals surface area contributed by atoms with Crippen LogP contribution in [0.15, 0.2) is 60.7 Å². The minimum absolute atomic E-state index is 0.755. The van der Waals surface area contributed by atoms with E-state index in [1.807, 2.05) is 0 Å². The van der Waals surface area contributed by atoms with E-state index in [1.165, 1.54) is 10.6 Å². The third-order valence-corrected chi connectivity index (χ3v) is 7.00. The van der Waals surface area contributed by atoms with Crippen LogP contribution in [0.2, 0.25) is 0 Å². The van der Waals surface area contributed by atoms with Crippen LogP contribution in [0.3, 0.4) is 0 Å². The van der Waals surface area contributed by atoms with Crippen LogP contribution >= 0.6 is 7.49 Å². The highest BCUT2D eigenvalue weighted by atomic mass is 31.2. The first-order chi connectivity index (χ1) is 8.83. The van der Waals surface area contributed by atoms with E-state index in [0.717, 1.165) is 12.8 Å². The Hall–Kier alpha value is -1.17. The van der Waals surface area contributed by atoms with Gasteiger partial charge < -0.3 is 4.52 Å². The van der Waals surface area contributed by atoms with Gasteiger partial charge in [0.25, 0.3) is 0 Å². The summed E-state index contributed by atoms with van der Waals surface area (Å²) in [6.07, 6.45) is 1.04. The Balaban J connectivity index is 2.53. The molecule has 0 aliphatic carbocycles. The minimum Gasteiger partial charge on any atom is -0.357 e. The molecule has 95 valence electrons. The zero-order valence-corrected chi connectivity index (χ0v) is 11.9. The molecule has 0 aliphatic heterocycles. The van der Waals surface area contributed by atoms with Crippen LogP contribution in [-0.2, 0) is 4.52 Å². The topological polar surface area (TPSA) is 9.23 Å². The van der Waals surface area contributed by atoms with Gasteiger partial charge in [-0.1, -0.05) is 67.6 Å². The number of hydrogen-bond acceptors (Lipinski definition) is 1. The average molecular weight is 259 g/mol. The van der Waals surface area contributed by atoms with E-state index in [4.69, 9.17) is 4.52 Å². The lowest BCUT2D eigenvalue weighted by Gasteiger charge is -2.35. The predicted octanol–water partition coefficient (Wildman–Crippen LogP) is 3.63. The fourth-order valence-corrected chi connectivity index (χ4v) is 5.57. The van der Waals surface area contributed by atoms with Crippen molar-refractivity contribution in [3.8, 4) is 0 Å². The molecule has 0 bridgehead atoms.